The SMILES string of the molecule is CC(=O)CC(C)C.CC(C)CC(C)Nc1ccc(Nc2ccccc2)cc1.Cl.Cl.Nc1ccc(Nc2ccccc2)cc1.Nc1ccc(Nc2ccccc2)cc1.Nc1ccccc1.Nc1ccccc1.O=NN(c1ccccc1)c1ccccc1.O=N[O-].O=Nc1ccc(Nc2ccccc2)cc1.[HH].[HH].[Na+].c1ccc(Nc2ccccc2)cc1. The predicted molar refractivity (Wildman–Crippen MR) is 508 cm³/mol. The Labute approximate surface area is 733 Å². The summed E-state index contributed by atoms with van der Waals surface area (Å²) in [6, 6.07) is 129. The molecule has 14 aromatic carbocycles. The molecular weight excluding hydrogens is 1520 g/mol. The smallest absolute Gasteiger partial charge is 0.444 e. The van der Waals surface area contributed by atoms with Crippen LogP contribution in [0.25, 0.3) is 0 Å². The number of nitrogens with zero attached hydrogens (tertiary/aromatic N) is 4. The average Bonchev–Trinajstić information content (AvgIpc) is 0.965. The van der Waals surface area contributed by atoms with Crippen LogP contribution in [0, 0.1) is 31.8 Å². The van der Waals surface area contributed by atoms with Gasteiger partial charge in [0.15, 0.2) is 0 Å². The van der Waals surface area contributed by atoms with Gasteiger partial charge in [0.05, 0.1) is 16.7 Å². The number of ketones is 1. The molecule has 118 heavy (non-hydrogen) atoms. The van der Waals surface area contributed by atoms with Crippen LogP contribution in [0.4, 0.5) is 102 Å². The van der Waals surface area contributed by atoms with Crippen LogP contribution in [-0.2, 0) is 4.79 Å². The fourth-order valence-corrected chi connectivity index (χ4v) is 10.3. The van der Waals surface area contributed by atoms with Gasteiger partial charge in [0.1, 0.15) is 11.5 Å². The summed E-state index contributed by atoms with van der Waals surface area (Å²) in [5.41, 5.74) is 38.9. The summed E-state index contributed by atoms with van der Waals surface area (Å²) in [5, 5.41) is 36.2. The first-order chi connectivity index (χ1) is 55.9. The number of para-hydroxylation sites is 10. The van der Waals surface area contributed by atoms with Crippen molar-refractivity contribution in [3.05, 3.63) is 420 Å². The number of nitrogens with one attached hydrogen (secondary N) is 6. The van der Waals surface area contributed by atoms with E-state index < -0.39 is 0 Å². The number of nitrogen functional groups attached to an aromatic ring is 4. The van der Waals surface area contributed by atoms with E-state index in [2.05, 4.69) is 99.5 Å². The van der Waals surface area contributed by atoms with E-state index >= 15 is 0 Å². The van der Waals surface area contributed by atoms with Gasteiger partial charge in [0, 0.05) is 101 Å². The van der Waals surface area contributed by atoms with E-state index in [1.165, 1.54) is 17.1 Å². The third-order valence-corrected chi connectivity index (χ3v) is 15.4. The molecule has 14 rings (SSSR count). The number of carbonyl (C=O) groups excluding carboxylic acids is 1. The molecule has 0 spiro atoms. The summed E-state index contributed by atoms with van der Waals surface area (Å²) >= 11 is 0. The molecule has 14 aromatic rings. The monoisotopic (exact) mass is 1630 g/mol. The van der Waals surface area contributed by atoms with E-state index in [0.717, 1.165) is 109 Å². The Morgan fingerprint density at radius 3 is 0.720 bits per heavy atom. The Morgan fingerprint density at radius 1 is 0.322 bits per heavy atom. The Hall–Kier alpha value is -13.3. The number of nitrogens with two attached hydrogens (primary N) is 4. The maximum absolute atomic E-state index is 10.8. The van der Waals surface area contributed by atoms with Crippen molar-refractivity contribution in [2.24, 2.45) is 27.6 Å². The molecular formula is C96H111Cl2N14NaO5. The first-order valence-electron chi connectivity index (χ1n) is 37.4. The summed E-state index contributed by atoms with van der Waals surface area (Å²) in [6.45, 7) is 12.5. The Balaban J connectivity index is 0.00000134. The summed E-state index contributed by atoms with van der Waals surface area (Å²) in [6.07, 6.45) is 1.91. The summed E-state index contributed by atoms with van der Waals surface area (Å²) < 4.78 is 0. The van der Waals surface area contributed by atoms with Crippen LogP contribution in [0.1, 0.15) is 57.2 Å². The van der Waals surface area contributed by atoms with Crippen LogP contribution in [0.2, 0.25) is 0 Å². The second kappa shape index (κ2) is 62.1. The fourth-order valence-electron chi connectivity index (χ4n) is 10.3. The Bertz CT molecular complexity index is 4620. The summed E-state index contributed by atoms with van der Waals surface area (Å²) in [7, 11) is 0. The molecule has 22 heteroatoms. The van der Waals surface area contributed by atoms with Crippen LogP contribution < -0.4 is 89.4 Å². The number of hydrogen-bond donors (Lipinski definition) is 10. The van der Waals surface area contributed by atoms with Gasteiger partial charge in [-0.2, -0.15) is 5.01 Å². The van der Waals surface area contributed by atoms with Crippen LogP contribution in [0.3, 0.4) is 0 Å². The zero-order valence-corrected chi connectivity index (χ0v) is 71.3. The molecule has 1 atom stereocenters. The Kier molecular flexibility index (Phi) is 53.1. The molecule has 0 bridgehead atoms. The number of nitroso groups, excluding NO2 is 2. The minimum atomic E-state index is 0. The van der Waals surface area contributed by atoms with E-state index in [1.807, 2.05) is 366 Å². The van der Waals surface area contributed by atoms with Crippen molar-refractivity contribution in [3.8, 4) is 0 Å². The number of carbonyl (C=O) groups is 1. The van der Waals surface area contributed by atoms with Crippen LogP contribution in [-0.4, -0.2) is 11.8 Å². The quantitative estimate of drug-likeness (QED) is 0.0147. The van der Waals surface area contributed by atoms with Gasteiger partial charge >= 0.3 is 29.6 Å². The first-order valence-corrected chi connectivity index (χ1v) is 37.4. The molecule has 0 aliphatic heterocycles. The third kappa shape index (κ3) is 46.8. The van der Waals surface area contributed by atoms with Gasteiger partial charge in [-0.15, -0.1) is 40.0 Å². The molecule has 0 aromatic heterocycles. The molecule has 0 fully saturated rings. The second-order valence-corrected chi connectivity index (χ2v) is 26.2. The average molecular weight is 1630 g/mol. The predicted octanol–water partition coefficient (Wildman–Crippen LogP) is 24.8. The third-order valence-electron chi connectivity index (χ3n) is 15.4. The molecule has 0 aliphatic carbocycles. The number of anilines is 17. The number of hydrogen-bond acceptors (Lipinski definition) is 18. The number of Topliss-reactive ketones (excluding diaryl/α,β-unsaturated/α-hetero) is 1. The van der Waals surface area contributed by atoms with E-state index in [4.69, 9.17) is 33.0 Å². The van der Waals surface area contributed by atoms with Crippen molar-refractivity contribution in [1.82, 2.24) is 0 Å². The summed E-state index contributed by atoms with van der Waals surface area (Å²) in [5.74, 6) is 1.53. The molecule has 0 radical (unpaired) electrons. The largest absolute Gasteiger partial charge is 1.00 e. The minimum absolute atomic E-state index is 0. The van der Waals surface area contributed by atoms with E-state index in [9.17, 15) is 14.6 Å². The molecule has 0 saturated carbocycles. The molecule has 14 N–H and O–H groups in total. The Morgan fingerprint density at radius 2 is 0.525 bits per heavy atom. The van der Waals surface area contributed by atoms with E-state index in [1.54, 1.807) is 19.1 Å². The first kappa shape index (κ1) is 101. The van der Waals surface area contributed by atoms with Gasteiger partial charge in [0.2, 0.25) is 0 Å². The normalized spacial score (nSPS) is 9.56. The van der Waals surface area contributed by atoms with Crippen LogP contribution >= 0.6 is 24.8 Å². The van der Waals surface area contributed by atoms with Crippen LogP contribution in [0.5, 0.6) is 0 Å². The molecule has 0 saturated heterocycles. The van der Waals surface area contributed by atoms with Gasteiger partial charge in [-0.1, -0.05) is 210 Å². The second-order valence-electron chi connectivity index (χ2n) is 26.2. The zero-order valence-electron chi connectivity index (χ0n) is 67.7. The minimum Gasteiger partial charge on any atom is -0.444 e. The van der Waals surface area contributed by atoms with E-state index in [-0.39, 0.29) is 63.0 Å². The van der Waals surface area contributed by atoms with Gasteiger partial charge in [-0.25, -0.2) is 0 Å². The van der Waals surface area contributed by atoms with Gasteiger partial charge in [0.25, 0.3) is 0 Å². The molecule has 0 heterocycles. The molecule has 610 valence electrons. The zero-order chi connectivity index (χ0) is 82.7. The molecule has 0 amide bonds. The fraction of sp³-hybridized carbons (Fsp3) is 0.115. The number of rotatable bonds is 20. The van der Waals surface area contributed by atoms with Crippen molar-refractivity contribution >= 4 is 133 Å². The van der Waals surface area contributed by atoms with Gasteiger partial charge < -0.3 is 69.7 Å². The maximum atomic E-state index is 10.8. The van der Waals surface area contributed by atoms with Gasteiger partial charge in [-0.3, -0.25) is 0 Å². The van der Waals surface area contributed by atoms with Crippen molar-refractivity contribution in [2.45, 2.75) is 60.4 Å². The molecule has 19 nitrogen and oxygen atoms in total. The van der Waals surface area contributed by atoms with E-state index in [0.29, 0.717) is 17.6 Å². The van der Waals surface area contributed by atoms with Crippen molar-refractivity contribution < 1.29 is 37.2 Å². The van der Waals surface area contributed by atoms with Crippen LogP contribution in [0.15, 0.2) is 416 Å². The molecule has 0 aliphatic rings. The van der Waals surface area contributed by atoms with Gasteiger partial charge in [-0.05, 0) is 256 Å². The van der Waals surface area contributed by atoms with Crippen molar-refractivity contribution in [2.75, 3.05) is 59.8 Å². The number of benzene rings is 14. The maximum Gasteiger partial charge on any atom is 1.00 e. The standard InChI is InChI=1S/C18H24N2.2C12H10N2O.2C12H12N2.C12H11N.2C6H7N.C6H12O.2ClH.HNO2.Na.2H2/c1-14(2)13-15(3)19-17-9-11-18(12-10-17)20-16-7-5-4-6-8-16;15-13-14(11-7-3-1-4-8-11)12-9-5-2-6-10-12;15-14-12-8-6-11(7-9-12)13-10-4-2-1-3-5-10;2*13-10-6-8-12(9-7-10)14-11-4-2-1-3-5-11;1-3-7-11(8-4-1)13-12-9-5-2-6-10-12;2*7-6-4-2-1-3-5-6;1-5(2)4-6(3)7;;;2-1-3;;;/h4-12,14-15,19-20H,13H2,1-3H3;1-10H;1-9,13H;2*1-9,14H,13H2;1-10,13H;2*1-5H,7H2;5H,4H2,1-3H3;2*1H;(H,2,3);;2*1H/q;;;;;;;;;;;;+1;;/p-1. The van der Waals surface area contributed by atoms with Crippen molar-refractivity contribution in [3.63, 3.8) is 0 Å². The molecule has 1 unspecified atom stereocenters. The summed E-state index contributed by atoms with van der Waals surface area (Å²) in [4.78, 5) is 39.2. The van der Waals surface area contributed by atoms with Crippen molar-refractivity contribution in [1.29, 1.82) is 0 Å². The topological polar surface area (TPSA) is 308 Å². The number of halogens is 2.